The molecule has 1 amide bonds. The minimum absolute atomic E-state index is 0.00229. The molecule has 0 spiro atoms. The van der Waals surface area contributed by atoms with Crippen molar-refractivity contribution < 1.29 is 9.00 Å². The average Bonchev–Trinajstić information content (AvgIpc) is 3.11. The first-order valence-corrected chi connectivity index (χ1v) is 11.0. The highest BCUT2D eigenvalue weighted by Gasteiger charge is 2.24. The molecule has 3 nitrogen and oxygen atoms in total. The van der Waals surface area contributed by atoms with E-state index in [-0.39, 0.29) is 5.91 Å². The molecule has 4 heteroatoms. The molecule has 0 aromatic heterocycles. The molecule has 1 aromatic carbocycles. The predicted octanol–water partition coefficient (Wildman–Crippen LogP) is 4.85. The summed E-state index contributed by atoms with van der Waals surface area (Å²) in [5.41, 5.74) is 1.84. The van der Waals surface area contributed by atoms with Crippen LogP contribution < -0.4 is 5.32 Å². The van der Waals surface area contributed by atoms with Crippen molar-refractivity contribution in [1.82, 2.24) is 5.32 Å². The van der Waals surface area contributed by atoms with E-state index in [1.165, 1.54) is 32.1 Å². The normalized spacial score (nSPS) is 15.4. The van der Waals surface area contributed by atoms with Crippen molar-refractivity contribution in [3.05, 3.63) is 46.4 Å². The maximum atomic E-state index is 12.7. The van der Waals surface area contributed by atoms with Gasteiger partial charge in [-0.25, -0.2) is 0 Å². The van der Waals surface area contributed by atoms with Crippen LogP contribution in [0.25, 0.3) is 0 Å². The zero-order chi connectivity index (χ0) is 17.9. The van der Waals surface area contributed by atoms with Crippen LogP contribution in [0.4, 0.5) is 0 Å². The fourth-order valence-electron chi connectivity index (χ4n) is 3.23. The minimum atomic E-state index is -1.09. The molecule has 2 rings (SSSR count). The van der Waals surface area contributed by atoms with E-state index in [0.29, 0.717) is 5.75 Å². The summed E-state index contributed by atoms with van der Waals surface area (Å²) in [6.45, 7) is 2.95. The molecule has 0 aliphatic heterocycles. The van der Waals surface area contributed by atoms with E-state index in [4.69, 9.17) is 0 Å². The number of allylic oxidation sites excluding steroid dienone is 1. The van der Waals surface area contributed by atoms with Crippen LogP contribution in [-0.4, -0.2) is 16.7 Å². The van der Waals surface area contributed by atoms with E-state index in [9.17, 15) is 9.00 Å². The van der Waals surface area contributed by atoms with Gasteiger partial charge in [-0.15, -0.1) is 0 Å². The van der Waals surface area contributed by atoms with Gasteiger partial charge >= 0.3 is 0 Å². The summed E-state index contributed by atoms with van der Waals surface area (Å²) < 4.78 is 12.7. The molecule has 1 unspecified atom stereocenters. The van der Waals surface area contributed by atoms with Crippen LogP contribution in [0.3, 0.4) is 0 Å². The lowest BCUT2D eigenvalue weighted by molar-refractivity contribution is -0.117. The van der Waals surface area contributed by atoms with Gasteiger partial charge in [0.15, 0.2) is 0 Å². The molecule has 1 aliphatic rings. The molecule has 1 aromatic rings. The molecule has 0 heterocycles. The Balaban J connectivity index is 1.80. The summed E-state index contributed by atoms with van der Waals surface area (Å²) in [5, 5.41) is 3.03. The molecule has 1 aliphatic carbocycles. The van der Waals surface area contributed by atoms with Crippen molar-refractivity contribution >= 4 is 16.7 Å². The Kier molecular flexibility index (Phi) is 8.95. The van der Waals surface area contributed by atoms with Crippen molar-refractivity contribution in [2.75, 3.05) is 6.54 Å². The summed E-state index contributed by atoms with van der Waals surface area (Å²) in [6.07, 6.45) is 9.80. The van der Waals surface area contributed by atoms with Crippen molar-refractivity contribution in [3.63, 3.8) is 0 Å². The highest BCUT2D eigenvalue weighted by atomic mass is 32.2. The second kappa shape index (κ2) is 11.2. The summed E-state index contributed by atoms with van der Waals surface area (Å²) in [6, 6.07) is 9.87. The van der Waals surface area contributed by atoms with Crippen LogP contribution in [0.5, 0.6) is 0 Å². The number of hydrogen-bond acceptors (Lipinski definition) is 2. The fourth-order valence-corrected chi connectivity index (χ4v) is 4.75. The molecular formula is C21H31NO2S. The quantitative estimate of drug-likeness (QED) is 0.573. The van der Waals surface area contributed by atoms with Crippen LogP contribution in [0.1, 0.15) is 70.3 Å². The van der Waals surface area contributed by atoms with E-state index in [1.807, 2.05) is 30.3 Å². The SMILES string of the molecule is CCCCCCCCNC(=O)C1=C(S(=O)Cc2ccccc2)CCC1. The Morgan fingerprint density at radius 1 is 1.04 bits per heavy atom. The van der Waals surface area contributed by atoms with E-state index in [2.05, 4.69) is 12.2 Å². The van der Waals surface area contributed by atoms with E-state index < -0.39 is 10.8 Å². The summed E-state index contributed by atoms with van der Waals surface area (Å²) in [5.74, 6) is 0.507. The first-order chi connectivity index (χ1) is 12.2. The average molecular weight is 362 g/mol. The number of benzene rings is 1. The van der Waals surface area contributed by atoms with Gasteiger partial charge in [-0.1, -0.05) is 69.4 Å². The summed E-state index contributed by atoms with van der Waals surface area (Å²) in [4.78, 5) is 13.3. The van der Waals surface area contributed by atoms with Crippen LogP contribution in [0.2, 0.25) is 0 Å². The second-order valence-corrected chi connectivity index (χ2v) is 8.23. The number of carbonyl (C=O) groups is 1. The maximum absolute atomic E-state index is 12.7. The van der Waals surface area contributed by atoms with Crippen molar-refractivity contribution in [2.45, 2.75) is 70.5 Å². The van der Waals surface area contributed by atoms with Crippen molar-refractivity contribution in [2.24, 2.45) is 0 Å². The number of carbonyl (C=O) groups excluding carboxylic acids is 1. The van der Waals surface area contributed by atoms with E-state index >= 15 is 0 Å². The third kappa shape index (κ3) is 6.77. The molecule has 0 radical (unpaired) electrons. The lowest BCUT2D eigenvalue weighted by atomic mass is 10.1. The maximum Gasteiger partial charge on any atom is 0.248 e. The fraction of sp³-hybridized carbons (Fsp3) is 0.571. The van der Waals surface area contributed by atoms with E-state index in [1.54, 1.807) is 0 Å². The van der Waals surface area contributed by atoms with Crippen LogP contribution in [0, 0.1) is 0 Å². The molecule has 138 valence electrons. The highest BCUT2D eigenvalue weighted by Crippen LogP contribution is 2.30. The zero-order valence-electron chi connectivity index (χ0n) is 15.4. The number of unbranched alkanes of at least 4 members (excludes halogenated alkanes) is 5. The number of nitrogens with one attached hydrogen (secondary N) is 1. The third-order valence-corrected chi connectivity index (χ3v) is 6.27. The van der Waals surface area contributed by atoms with Gasteiger partial charge in [-0.2, -0.15) is 0 Å². The van der Waals surface area contributed by atoms with Crippen LogP contribution in [0.15, 0.2) is 40.8 Å². The van der Waals surface area contributed by atoms with Gasteiger partial charge in [0, 0.05) is 17.0 Å². The Bertz CT molecular complexity index is 595. The minimum Gasteiger partial charge on any atom is -0.352 e. The summed E-state index contributed by atoms with van der Waals surface area (Å²) >= 11 is 0. The van der Waals surface area contributed by atoms with Gasteiger partial charge in [-0.05, 0) is 31.2 Å². The Hall–Kier alpha value is -1.42. The third-order valence-electron chi connectivity index (χ3n) is 4.67. The summed E-state index contributed by atoms with van der Waals surface area (Å²) in [7, 11) is -1.09. The molecule has 0 fully saturated rings. The lowest BCUT2D eigenvalue weighted by Gasteiger charge is -2.09. The van der Waals surface area contributed by atoms with Gasteiger partial charge in [0.2, 0.25) is 5.91 Å². The van der Waals surface area contributed by atoms with Gasteiger partial charge in [0.25, 0.3) is 0 Å². The largest absolute Gasteiger partial charge is 0.352 e. The first-order valence-electron chi connectivity index (χ1n) is 9.65. The second-order valence-electron chi connectivity index (χ2n) is 6.75. The van der Waals surface area contributed by atoms with Gasteiger partial charge in [0.05, 0.1) is 16.6 Å². The monoisotopic (exact) mass is 361 g/mol. The molecule has 0 saturated carbocycles. The topological polar surface area (TPSA) is 46.2 Å². The van der Waals surface area contributed by atoms with Crippen molar-refractivity contribution in [3.8, 4) is 0 Å². The van der Waals surface area contributed by atoms with Gasteiger partial charge in [0.1, 0.15) is 0 Å². The van der Waals surface area contributed by atoms with Gasteiger partial charge < -0.3 is 5.32 Å². The Labute approximate surface area is 154 Å². The molecule has 1 atom stereocenters. The van der Waals surface area contributed by atoms with Crippen LogP contribution >= 0.6 is 0 Å². The molecule has 1 N–H and O–H groups in total. The first kappa shape index (κ1) is 19.9. The smallest absolute Gasteiger partial charge is 0.248 e. The zero-order valence-corrected chi connectivity index (χ0v) is 16.2. The highest BCUT2D eigenvalue weighted by molar-refractivity contribution is 7.88. The predicted molar refractivity (Wildman–Crippen MR) is 106 cm³/mol. The molecule has 25 heavy (non-hydrogen) atoms. The number of hydrogen-bond donors (Lipinski definition) is 1. The van der Waals surface area contributed by atoms with Crippen LogP contribution in [-0.2, 0) is 21.3 Å². The molecule has 0 saturated heterocycles. The lowest BCUT2D eigenvalue weighted by Crippen LogP contribution is -2.26. The van der Waals surface area contributed by atoms with Crippen molar-refractivity contribution in [1.29, 1.82) is 0 Å². The molecule has 0 bridgehead atoms. The standard InChI is InChI=1S/C21H31NO2S/c1-2-3-4-5-6-10-16-22-21(23)19-14-11-15-20(19)25(24)17-18-12-8-7-9-13-18/h7-9,12-13H,2-6,10-11,14-17H2,1H3,(H,22,23). The Morgan fingerprint density at radius 3 is 2.52 bits per heavy atom. The number of amides is 1. The Morgan fingerprint density at radius 2 is 1.76 bits per heavy atom. The van der Waals surface area contributed by atoms with Gasteiger partial charge in [-0.3, -0.25) is 9.00 Å². The number of rotatable bonds is 11. The molecular weight excluding hydrogens is 330 g/mol. The van der Waals surface area contributed by atoms with E-state index in [0.717, 1.165) is 48.3 Å².